The Labute approximate surface area is 283 Å². The number of nitrogens with zero attached hydrogens (tertiary/aromatic N) is 1. The van der Waals surface area contributed by atoms with Crippen molar-refractivity contribution < 1.29 is 45.4 Å². The summed E-state index contributed by atoms with van der Waals surface area (Å²) in [4.78, 5) is 45.0. The zero-order chi connectivity index (χ0) is 35.9. The van der Waals surface area contributed by atoms with Crippen LogP contribution in [0.25, 0.3) is 0 Å². The second-order valence-corrected chi connectivity index (χ2v) is 13.7. The van der Waals surface area contributed by atoms with E-state index in [0.717, 1.165) is 20.9 Å². The van der Waals surface area contributed by atoms with Crippen molar-refractivity contribution in [3.8, 4) is 5.75 Å². The fraction of sp³-hybridized carbons (Fsp3) is 0.176. The SMILES string of the molecule is CC(=O)N(O)c1ccccc1.CC(=O)Nc1ccc(C)cc1.CC(=O)Nc1ccccc1OC(F)(F)F.CI1OC(=O)c2ccccc21. The van der Waals surface area contributed by atoms with E-state index in [0.29, 0.717) is 10.8 Å². The molecule has 3 N–H and O–H groups in total. The van der Waals surface area contributed by atoms with Gasteiger partial charge in [0.05, 0.1) is 11.4 Å². The van der Waals surface area contributed by atoms with Crippen LogP contribution in [0.4, 0.5) is 30.2 Å². The Morgan fingerprint density at radius 1 is 0.792 bits per heavy atom. The molecule has 14 heteroatoms. The molecule has 0 saturated heterocycles. The maximum atomic E-state index is 11.9. The zero-order valence-electron chi connectivity index (χ0n) is 26.7. The third-order valence-corrected chi connectivity index (χ3v) is 9.30. The van der Waals surface area contributed by atoms with Crippen LogP contribution in [-0.2, 0) is 17.4 Å². The number of rotatable bonds is 4. The van der Waals surface area contributed by atoms with Gasteiger partial charge in [0, 0.05) is 26.5 Å². The summed E-state index contributed by atoms with van der Waals surface area (Å²) in [7, 11) is 0. The zero-order valence-corrected chi connectivity index (χ0v) is 28.8. The first-order valence-electron chi connectivity index (χ1n) is 14.0. The molecule has 4 aromatic rings. The number of hydrogen-bond donors (Lipinski definition) is 3. The van der Waals surface area contributed by atoms with E-state index in [9.17, 15) is 32.3 Å². The van der Waals surface area contributed by atoms with Gasteiger partial charge in [0.1, 0.15) is 0 Å². The van der Waals surface area contributed by atoms with Crippen LogP contribution in [0.2, 0.25) is 0 Å². The summed E-state index contributed by atoms with van der Waals surface area (Å²) >= 11 is -1.52. The summed E-state index contributed by atoms with van der Waals surface area (Å²) in [5, 5.41) is 14.6. The Bertz CT molecular complexity index is 1670. The van der Waals surface area contributed by atoms with Gasteiger partial charge < -0.3 is 15.4 Å². The Kier molecular flexibility index (Phi) is 15.5. The Hall–Kier alpha value is -4.96. The number of carbonyl (C=O) groups is 4. The van der Waals surface area contributed by atoms with Crippen LogP contribution in [-0.4, -0.2) is 40.2 Å². The molecule has 0 radical (unpaired) electrons. The fourth-order valence-electron chi connectivity index (χ4n) is 3.61. The number of carbonyl (C=O) groups excluding carboxylic acids is 4. The average molecular weight is 782 g/mol. The van der Waals surface area contributed by atoms with Crippen LogP contribution >= 0.6 is 20.2 Å². The summed E-state index contributed by atoms with van der Waals surface area (Å²) in [6.07, 6.45) is -4.77. The molecule has 256 valence electrons. The molecular formula is C34H35F3IN3O7. The molecule has 0 atom stereocenters. The van der Waals surface area contributed by atoms with E-state index in [1.165, 1.54) is 44.5 Å². The molecule has 0 fully saturated rings. The van der Waals surface area contributed by atoms with Crippen LogP contribution in [0.3, 0.4) is 0 Å². The molecule has 0 aliphatic carbocycles. The molecule has 0 saturated carbocycles. The van der Waals surface area contributed by atoms with Crippen molar-refractivity contribution in [2.45, 2.75) is 34.1 Å². The predicted octanol–water partition coefficient (Wildman–Crippen LogP) is 8.00. The number of aryl methyl sites for hydroxylation is 1. The van der Waals surface area contributed by atoms with Crippen molar-refractivity contribution in [2.75, 3.05) is 20.6 Å². The molecule has 1 aliphatic rings. The van der Waals surface area contributed by atoms with Crippen molar-refractivity contribution in [3.63, 3.8) is 0 Å². The molecule has 1 aliphatic heterocycles. The number of amides is 3. The van der Waals surface area contributed by atoms with E-state index < -0.39 is 44.2 Å². The molecule has 3 amide bonds. The number of alkyl halides is 4. The van der Waals surface area contributed by atoms with Crippen molar-refractivity contribution in [1.82, 2.24) is 0 Å². The number of halogens is 4. The number of hydroxylamine groups is 1. The van der Waals surface area contributed by atoms with Gasteiger partial charge in [-0.25, -0.2) is 0 Å². The number of para-hydroxylation sites is 3. The molecule has 0 aromatic heterocycles. The van der Waals surface area contributed by atoms with Crippen molar-refractivity contribution in [2.24, 2.45) is 0 Å². The van der Waals surface area contributed by atoms with E-state index in [1.807, 2.05) is 66.5 Å². The van der Waals surface area contributed by atoms with Gasteiger partial charge in [-0.05, 0) is 43.3 Å². The Morgan fingerprint density at radius 3 is 1.88 bits per heavy atom. The molecule has 4 aromatic carbocycles. The van der Waals surface area contributed by atoms with E-state index in [2.05, 4.69) is 15.4 Å². The number of fused-ring (bicyclic) bond motifs is 1. The average Bonchev–Trinajstić information content (AvgIpc) is 3.32. The van der Waals surface area contributed by atoms with Crippen LogP contribution in [0, 0.1) is 10.5 Å². The van der Waals surface area contributed by atoms with Crippen molar-refractivity contribution in [3.05, 3.63) is 118 Å². The first-order valence-corrected chi connectivity index (χ1v) is 18.1. The van der Waals surface area contributed by atoms with E-state index in [1.54, 1.807) is 24.3 Å². The first kappa shape index (κ1) is 39.2. The van der Waals surface area contributed by atoms with Gasteiger partial charge in [0.25, 0.3) is 0 Å². The molecular weight excluding hydrogens is 746 g/mol. The Balaban J connectivity index is 0.000000224. The monoisotopic (exact) mass is 781 g/mol. The summed E-state index contributed by atoms with van der Waals surface area (Å²) in [5.41, 5.74) is 3.30. The summed E-state index contributed by atoms with van der Waals surface area (Å²) in [6.45, 7) is 6.01. The number of ether oxygens (including phenoxy) is 1. The quantitative estimate of drug-likeness (QED) is 0.0827. The summed E-state index contributed by atoms with van der Waals surface area (Å²) in [5.74, 6) is -1.45. The molecule has 0 unspecified atom stereocenters. The van der Waals surface area contributed by atoms with Crippen LogP contribution < -0.4 is 20.4 Å². The number of benzene rings is 4. The molecule has 10 nitrogen and oxygen atoms in total. The maximum absolute atomic E-state index is 11.9. The van der Waals surface area contributed by atoms with Gasteiger partial charge >= 0.3 is 78.8 Å². The van der Waals surface area contributed by atoms with Crippen molar-refractivity contribution in [1.29, 1.82) is 0 Å². The van der Waals surface area contributed by atoms with Gasteiger partial charge in [-0.15, -0.1) is 13.2 Å². The van der Waals surface area contributed by atoms with Gasteiger partial charge in [-0.1, -0.05) is 48.0 Å². The fourth-order valence-corrected chi connectivity index (χ4v) is 6.62. The normalized spacial score (nSPS) is 11.8. The van der Waals surface area contributed by atoms with Crippen LogP contribution in [0.5, 0.6) is 5.75 Å². The topological polar surface area (TPSA) is 134 Å². The third-order valence-electron chi connectivity index (χ3n) is 5.66. The first-order chi connectivity index (χ1) is 22.6. The van der Waals surface area contributed by atoms with Crippen molar-refractivity contribution >= 4 is 61.0 Å². The second-order valence-electron chi connectivity index (χ2n) is 9.70. The minimum atomic E-state index is -4.77. The van der Waals surface area contributed by atoms with Gasteiger partial charge in [0.15, 0.2) is 5.75 Å². The van der Waals surface area contributed by atoms with E-state index in [-0.39, 0.29) is 17.6 Å². The standard InChI is InChI=1S/C9H8F3NO2.C9H11NO.C8H7IO2.C8H9NO2/c1-6(14)13-7-4-2-3-5-8(7)15-9(10,11)12;1-7-3-5-9(6-4-7)10-8(2)11;1-9-7-5-3-2-4-6(7)8(10)11-9;1-7(10)9(11)8-5-3-2-4-6-8/h2-5H,1H3,(H,13,14);3-6H,1-2H3,(H,10,11);2-5H,1H3;2-6,11H,1H3. The van der Waals surface area contributed by atoms with E-state index in [4.69, 9.17) is 8.27 Å². The van der Waals surface area contributed by atoms with Gasteiger partial charge in [0.2, 0.25) is 17.7 Å². The van der Waals surface area contributed by atoms with Gasteiger partial charge in [-0.3, -0.25) is 19.6 Å². The number of hydrogen-bond acceptors (Lipinski definition) is 7. The molecule has 48 heavy (non-hydrogen) atoms. The molecule has 5 rings (SSSR count). The molecule has 0 bridgehead atoms. The van der Waals surface area contributed by atoms with Crippen LogP contribution in [0.1, 0.15) is 36.7 Å². The third kappa shape index (κ3) is 14.2. The molecule has 0 spiro atoms. The number of nitrogens with one attached hydrogen (secondary N) is 2. The van der Waals surface area contributed by atoms with Crippen LogP contribution in [0.15, 0.2) is 103 Å². The Morgan fingerprint density at radius 2 is 1.33 bits per heavy atom. The van der Waals surface area contributed by atoms with E-state index >= 15 is 0 Å². The summed E-state index contributed by atoms with van der Waals surface area (Å²) in [6, 6.07) is 29.3. The predicted molar refractivity (Wildman–Crippen MR) is 185 cm³/mol. The molecule has 1 heterocycles. The van der Waals surface area contributed by atoms with Gasteiger partial charge in [-0.2, -0.15) is 5.06 Å². The number of anilines is 3. The summed E-state index contributed by atoms with van der Waals surface area (Å²) < 4.78 is 45.8. The second kappa shape index (κ2) is 19.0. The minimum absolute atomic E-state index is 0.0117.